The van der Waals surface area contributed by atoms with E-state index in [1.165, 1.54) is 0 Å². The summed E-state index contributed by atoms with van der Waals surface area (Å²) >= 11 is 1.56. The maximum atomic E-state index is 12.6. The zero-order valence-electron chi connectivity index (χ0n) is 13.1. The lowest BCUT2D eigenvalue weighted by molar-refractivity contribution is -0.157. The van der Waals surface area contributed by atoms with Gasteiger partial charge in [-0.2, -0.15) is 5.10 Å². The highest BCUT2D eigenvalue weighted by Gasteiger charge is 2.40. The highest BCUT2D eigenvalue weighted by molar-refractivity contribution is 7.09. The number of thiophene rings is 1. The zero-order valence-corrected chi connectivity index (χ0v) is 14.0. The number of piperidine rings is 1. The van der Waals surface area contributed by atoms with Gasteiger partial charge < -0.3 is 9.64 Å². The van der Waals surface area contributed by atoms with Crippen molar-refractivity contribution >= 4 is 23.2 Å². The Hall–Kier alpha value is -2.15. The molecule has 1 fully saturated rings. The molecule has 0 bridgehead atoms. The molecule has 0 N–H and O–H groups in total. The lowest BCUT2D eigenvalue weighted by Gasteiger charge is -2.37. The van der Waals surface area contributed by atoms with E-state index in [4.69, 9.17) is 4.74 Å². The van der Waals surface area contributed by atoms with Gasteiger partial charge in [0, 0.05) is 37.2 Å². The van der Waals surface area contributed by atoms with Gasteiger partial charge in [-0.3, -0.25) is 14.3 Å². The van der Waals surface area contributed by atoms with Crippen LogP contribution in [0.2, 0.25) is 0 Å². The number of likely N-dealkylation sites (tertiary alicyclic amines) is 1. The van der Waals surface area contributed by atoms with Crippen LogP contribution in [-0.4, -0.2) is 33.6 Å². The van der Waals surface area contributed by atoms with Crippen LogP contribution in [0, 0.1) is 5.92 Å². The second-order valence-electron chi connectivity index (χ2n) is 5.73. The Morgan fingerprint density at radius 2 is 2.30 bits per heavy atom. The predicted octanol–water partition coefficient (Wildman–Crippen LogP) is 2.13. The van der Waals surface area contributed by atoms with E-state index in [0.717, 1.165) is 10.4 Å². The van der Waals surface area contributed by atoms with Gasteiger partial charge in [0.1, 0.15) is 6.61 Å². The Morgan fingerprint density at radius 1 is 1.48 bits per heavy atom. The molecule has 7 heteroatoms. The molecule has 2 atom stereocenters. The van der Waals surface area contributed by atoms with Crippen LogP contribution in [-0.2, 0) is 28.0 Å². The summed E-state index contributed by atoms with van der Waals surface area (Å²) in [6, 6.07) is 3.55. The van der Waals surface area contributed by atoms with Gasteiger partial charge in [0.2, 0.25) is 5.91 Å². The number of ether oxygens (including phenoxy) is 1. The number of esters is 1. The number of hydrogen-bond acceptors (Lipinski definition) is 5. The number of rotatable bonds is 4. The van der Waals surface area contributed by atoms with Gasteiger partial charge in [0.25, 0.3) is 0 Å². The molecule has 0 saturated carbocycles. The van der Waals surface area contributed by atoms with Crippen molar-refractivity contribution in [1.82, 2.24) is 14.7 Å². The molecule has 3 rings (SSSR count). The molecule has 1 aliphatic rings. The van der Waals surface area contributed by atoms with Crippen molar-refractivity contribution in [3.05, 3.63) is 40.3 Å². The zero-order chi connectivity index (χ0) is 16.4. The molecule has 1 saturated heterocycles. The van der Waals surface area contributed by atoms with Gasteiger partial charge in [0.05, 0.1) is 18.2 Å². The molecule has 1 amide bonds. The van der Waals surface area contributed by atoms with Crippen molar-refractivity contribution < 1.29 is 14.3 Å². The molecule has 0 unspecified atom stereocenters. The molecule has 1 aliphatic heterocycles. The molecule has 23 heavy (non-hydrogen) atoms. The maximum Gasteiger partial charge on any atom is 0.311 e. The number of nitrogens with zero attached hydrogens (tertiary/aromatic N) is 3. The summed E-state index contributed by atoms with van der Waals surface area (Å²) in [5, 5.41) is 6.11. The standard InChI is InChI=1S/C16H19N3O3S/c1-18-9-11(8-17-18)15-13(5-6-14(20)19(15)2)16(21)22-10-12-4-3-7-23-12/h3-4,7-9,13,15H,5-6,10H2,1-2H3/t13-,15+/m1/s1. The Balaban J connectivity index is 1.77. The van der Waals surface area contributed by atoms with Crippen molar-refractivity contribution in [1.29, 1.82) is 0 Å². The lowest BCUT2D eigenvalue weighted by atomic mass is 9.86. The lowest BCUT2D eigenvalue weighted by Crippen LogP contribution is -2.43. The highest BCUT2D eigenvalue weighted by atomic mass is 32.1. The largest absolute Gasteiger partial charge is 0.460 e. The number of carbonyl (C=O) groups excluding carboxylic acids is 2. The number of aromatic nitrogens is 2. The second-order valence-corrected chi connectivity index (χ2v) is 6.76. The van der Waals surface area contributed by atoms with Crippen LogP contribution in [0.15, 0.2) is 29.9 Å². The summed E-state index contributed by atoms with van der Waals surface area (Å²) in [7, 11) is 3.55. The minimum Gasteiger partial charge on any atom is -0.460 e. The summed E-state index contributed by atoms with van der Waals surface area (Å²) in [6.45, 7) is 0.282. The van der Waals surface area contributed by atoms with Crippen LogP contribution in [0.1, 0.15) is 29.3 Å². The molecule has 0 spiro atoms. The fourth-order valence-electron chi connectivity index (χ4n) is 2.98. The van der Waals surface area contributed by atoms with Crippen LogP contribution < -0.4 is 0 Å². The van der Waals surface area contributed by atoms with Crippen molar-refractivity contribution in [2.75, 3.05) is 7.05 Å². The monoisotopic (exact) mass is 333 g/mol. The van der Waals surface area contributed by atoms with Crippen molar-refractivity contribution in [2.24, 2.45) is 13.0 Å². The Bertz CT molecular complexity index is 695. The van der Waals surface area contributed by atoms with Gasteiger partial charge in [-0.15, -0.1) is 11.3 Å². The van der Waals surface area contributed by atoms with Crippen LogP contribution in [0.4, 0.5) is 0 Å². The predicted molar refractivity (Wildman–Crippen MR) is 85.6 cm³/mol. The normalized spacial score (nSPS) is 21.5. The minimum atomic E-state index is -0.359. The topological polar surface area (TPSA) is 64.4 Å². The molecule has 3 heterocycles. The number of carbonyl (C=O) groups is 2. The average Bonchev–Trinajstić information content (AvgIpc) is 3.19. The summed E-state index contributed by atoms with van der Waals surface area (Å²) in [5.74, 6) is -0.574. The van der Waals surface area contributed by atoms with E-state index in [2.05, 4.69) is 5.10 Å². The van der Waals surface area contributed by atoms with E-state index in [-0.39, 0.29) is 30.4 Å². The fraction of sp³-hybridized carbons (Fsp3) is 0.438. The van der Waals surface area contributed by atoms with Crippen molar-refractivity contribution in [2.45, 2.75) is 25.5 Å². The second kappa shape index (κ2) is 6.54. The Kier molecular flexibility index (Phi) is 4.47. The van der Waals surface area contributed by atoms with Gasteiger partial charge in [-0.1, -0.05) is 6.07 Å². The maximum absolute atomic E-state index is 12.6. The van der Waals surface area contributed by atoms with E-state index in [0.29, 0.717) is 12.8 Å². The van der Waals surface area contributed by atoms with Crippen LogP contribution >= 0.6 is 11.3 Å². The molecular formula is C16H19N3O3S. The molecule has 6 nitrogen and oxygen atoms in total. The number of amides is 1. The third-order valence-corrected chi connectivity index (χ3v) is 5.02. The quantitative estimate of drug-likeness (QED) is 0.804. The number of hydrogen-bond donors (Lipinski definition) is 0. The van der Waals surface area contributed by atoms with E-state index < -0.39 is 0 Å². The number of aryl methyl sites for hydroxylation is 1. The average molecular weight is 333 g/mol. The molecule has 0 aliphatic carbocycles. The van der Waals surface area contributed by atoms with Gasteiger partial charge in [-0.05, 0) is 17.9 Å². The first-order valence-corrected chi connectivity index (χ1v) is 8.37. The fourth-order valence-corrected chi connectivity index (χ4v) is 3.59. The van der Waals surface area contributed by atoms with Crippen molar-refractivity contribution in [3.63, 3.8) is 0 Å². The molecular weight excluding hydrogens is 314 g/mol. The first-order valence-electron chi connectivity index (χ1n) is 7.49. The van der Waals surface area contributed by atoms with E-state index in [9.17, 15) is 9.59 Å². The molecule has 0 radical (unpaired) electrons. The van der Waals surface area contributed by atoms with Gasteiger partial charge in [0.15, 0.2) is 0 Å². The Labute approximate surface area is 138 Å². The van der Waals surface area contributed by atoms with E-state index in [1.807, 2.05) is 30.8 Å². The molecule has 2 aromatic heterocycles. The van der Waals surface area contributed by atoms with Crippen molar-refractivity contribution in [3.8, 4) is 0 Å². The first-order chi connectivity index (χ1) is 11.1. The van der Waals surface area contributed by atoms with Crippen LogP contribution in [0.25, 0.3) is 0 Å². The molecule has 122 valence electrons. The van der Waals surface area contributed by atoms with E-state index >= 15 is 0 Å². The minimum absolute atomic E-state index is 0.0427. The molecule has 0 aromatic carbocycles. The summed E-state index contributed by atoms with van der Waals surface area (Å²) in [4.78, 5) is 27.2. The molecule has 2 aromatic rings. The van der Waals surface area contributed by atoms with Gasteiger partial charge in [-0.25, -0.2) is 0 Å². The van der Waals surface area contributed by atoms with Gasteiger partial charge >= 0.3 is 5.97 Å². The SMILES string of the molecule is CN1C(=O)CC[C@@H](C(=O)OCc2cccs2)[C@@H]1c1cnn(C)c1. The smallest absolute Gasteiger partial charge is 0.311 e. The summed E-state index contributed by atoms with van der Waals surface area (Å²) < 4.78 is 7.15. The summed E-state index contributed by atoms with van der Waals surface area (Å²) in [5.41, 5.74) is 0.862. The van der Waals surface area contributed by atoms with E-state index in [1.54, 1.807) is 34.2 Å². The third kappa shape index (κ3) is 3.29. The highest BCUT2D eigenvalue weighted by Crippen LogP contribution is 2.36. The van der Waals surface area contributed by atoms with Crippen LogP contribution in [0.3, 0.4) is 0 Å². The summed E-state index contributed by atoms with van der Waals surface area (Å²) in [6.07, 6.45) is 4.43. The van der Waals surface area contributed by atoms with Crippen LogP contribution in [0.5, 0.6) is 0 Å². The Morgan fingerprint density at radius 3 is 2.96 bits per heavy atom. The third-order valence-electron chi connectivity index (χ3n) is 4.17. The first kappa shape index (κ1) is 15.7.